The van der Waals surface area contributed by atoms with Crippen LogP contribution in [0.5, 0.6) is 0 Å². The van der Waals surface area contributed by atoms with Crippen LogP contribution in [0.2, 0.25) is 0 Å². The van der Waals surface area contributed by atoms with Gasteiger partial charge in [-0.2, -0.15) is 0 Å². The van der Waals surface area contributed by atoms with Crippen LogP contribution in [0.3, 0.4) is 0 Å². The molecule has 1 saturated carbocycles. The lowest BCUT2D eigenvalue weighted by atomic mass is 9.93. The Labute approximate surface area is 118 Å². The zero-order valence-corrected chi connectivity index (χ0v) is 12.6. The van der Waals surface area contributed by atoms with Crippen molar-refractivity contribution in [2.24, 2.45) is 17.6 Å². The lowest BCUT2D eigenvalue weighted by molar-refractivity contribution is 0.454. The van der Waals surface area contributed by atoms with Crippen LogP contribution in [0, 0.1) is 11.8 Å². The molecule has 1 aliphatic rings. The Morgan fingerprint density at radius 1 is 1.21 bits per heavy atom. The van der Waals surface area contributed by atoms with Crippen LogP contribution in [-0.2, 0) is 6.42 Å². The predicted octanol–water partition coefficient (Wildman–Crippen LogP) is 4.86. The van der Waals surface area contributed by atoms with Crippen molar-refractivity contribution in [2.45, 2.75) is 64.8 Å². The molecule has 1 fully saturated rings. The maximum Gasteiger partial charge on any atom is 0.0295 e. The highest BCUT2D eigenvalue weighted by Crippen LogP contribution is 2.31. The topological polar surface area (TPSA) is 26.0 Å². The van der Waals surface area contributed by atoms with Gasteiger partial charge < -0.3 is 5.73 Å². The first-order valence-corrected chi connectivity index (χ1v) is 7.99. The monoisotopic (exact) mass is 259 g/mol. The molecule has 0 radical (unpaired) electrons. The highest BCUT2D eigenvalue weighted by molar-refractivity contribution is 5.26. The molecule has 0 saturated heterocycles. The van der Waals surface area contributed by atoms with Crippen molar-refractivity contribution in [2.75, 3.05) is 0 Å². The Morgan fingerprint density at radius 3 is 2.63 bits per heavy atom. The first kappa shape index (κ1) is 14.6. The molecule has 1 heteroatoms. The first-order chi connectivity index (χ1) is 9.15. The van der Waals surface area contributed by atoms with Crippen LogP contribution in [0.25, 0.3) is 0 Å². The molecular formula is C18H29N. The molecule has 0 aromatic heterocycles. The fourth-order valence-electron chi connectivity index (χ4n) is 3.30. The molecule has 1 aromatic rings. The highest BCUT2D eigenvalue weighted by atomic mass is 14.6. The minimum absolute atomic E-state index is 0.229. The van der Waals surface area contributed by atoms with Gasteiger partial charge in [0.25, 0.3) is 0 Å². The summed E-state index contributed by atoms with van der Waals surface area (Å²) in [5.74, 6) is 1.66. The van der Waals surface area contributed by atoms with Crippen molar-refractivity contribution >= 4 is 0 Å². The molecule has 1 unspecified atom stereocenters. The lowest BCUT2D eigenvalue weighted by Gasteiger charge is -2.16. The summed E-state index contributed by atoms with van der Waals surface area (Å²) in [6.45, 7) is 4.54. The van der Waals surface area contributed by atoms with E-state index in [2.05, 4.69) is 38.1 Å². The van der Waals surface area contributed by atoms with E-state index in [1.807, 2.05) is 0 Å². The molecule has 1 atom stereocenters. The van der Waals surface area contributed by atoms with Crippen molar-refractivity contribution in [3.05, 3.63) is 35.4 Å². The Hall–Kier alpha value is -0.820. The molecule has 2 N–H and O–H groups in total. The second-order valence-corrected chi connectivity index (χ2v) is 6.68. The minimum Gasteiger partial charge on any atom is -0.324 e. The highest BCUT2D eigenvalue weighted by Gasteiger charge is 2.16. The summed E-state index contributed by atoms with van der Waals surface area (Å²) in [5, 5.41) is 0. The van der Waals surface area contributed by atoms with Gasteiger partial charge in [0, 0.05) is 6.04 Å². The largest absolute Gasteiger partial charge is 0.324 e. The molecule has 0 aliphatic heterocycles. The summed E-state index contributed by atoms with van der Waals surface area (Å²) in [5.41, 5.74) is 9.14. The Morgan fingerprint density at radius 2 is 1.95 bits per heavy atom. The SMILES string of the molecule is CC(C)Cc1cccc(C(N)CCC2CCCC2)c1. The van der Waals surface area contributed by atoms with E-state index in [1.165, 1.54) is 43.2 Å². The second kappa shape index (κ2) is 7.09. The number of hydrogen-bond donors (Lipinski definition) is 1. The molecule has 2 rings (SSSR count). The Bertz CT molecular complexity index is 377. The zero-order valence-electron chi connectivity index (χ0n) is 12.6. The molecule has 19 heavy (non-hydrogen) atoms. The van der Waals surface area contributed by atoms with E-state index in [4.69, 9.17) is 5.73 Å². The fourth-order valence-corrected chi connectivity index (χ4v) is 3.30. The van der Waals surface area contributed by atoms with Gasteiger partial charge in [-0.1, -0.05) is 63.8 Å². The summed E-state index contributed by atoms with van der Waals surface area (Å²) in [7, 11) is 0. The zero-order chi connectivity index (χ0) is 13.7. The first-order valence-electron chi connectivity index (χ1n) is 7.99. The van der Waals surface area contributed by atoms with Crippen LogP contribution in [-0.4, -0.2) is 0 Å². The Balaban J connectivity index is 1.88. The smallest absolute Gasteiger partial charge is 0.0295 e. The number of benzene rings is 1. The molecule has 0 bridgehead atoms. The molecule has 0 amide bonds. The van der Waals surface area contributed by atoms with E-state index in [9.17, 15) is 0 Å². The van der Waals surface area contributed by atoms with E-state index in [0.29, 0.717) is 5.92 Å². The molecule has 1 aliphatic carbocycles. The molecule has 1 nitrogen and oxygen atoms in total. The van der Waals surface area contributed by atoms with Crippen LogP contribution >= 0.6 is 0 Å². The second-order valence-electron chi connectivity index (χ2n) is 6.68. The van der Waals surface area contributed by atoms with E-state index in [-0.39, 0.29) is 6.04 Å². The maximum atomic E-state index is 6.37. The van der Waals surface area contributed by atoms with Gasteiger partial charge in [-0.15, -0.1) is 0 Å². The van der Waals surface area contributed by atoms with Gasteiger partial charge in [-0.3, -0.25) is 0 Å². The van der Waals surface area contributed by atoms with Crippen LogP contribution in [0.4, 0.5) is 0 Å². The summed E-state index contributed by atoms with van der Waals surface area (Å²) >= 11 is 0. The average molecular weight is 259 g/mol. The quantitative estimate of drug-likeness (QED) is 0.776. The van der Waals surface area contributed by atoms with Crippen molar-refractivity contribution < 1.29 is 0 Å². The third kappa shape index (κ3) is 4.65. The fraction of sp³-hybridized carbons (Fsp3) is 0.667. The molecular weight excluding hydrogens is 230 g/mol. The van der Waals surface area contributed by atoms with Crippen LogP contribution < -0.4 is 5.73 Å². The van der Waals surface area contributed by atoms with E-state index >= 15 is 0 Å². The van der Waals surface area contributed by atoms with Gasteiger partial charge in [-0.25, -0.2) is 0 Å². The van der Waals surface area contributed by atoms with Gasteiger partial charge in [0.05, 0.1) is 0 Å². The third-order valence-electron chi connectivity index (χ3n) is 4.38. The molecule has 1 aromatic carbocycles. The summed E-state index contributed by atoms with van der Waals surface area (Å²) in [6.07, 6.45) is 9.35. The van der Waals surface area contributed by atoms with Crippen LogP contribution in [0.15, 0.2) is 24.3 Å². The van der Waals surface area contributed by atoms with Crippen molar-refractivity contribution in [3.63, 3.8) is 0 Å². The number of hydrogen-bond acceptors (Lipinski definition) is 1. The summed E-state index contributed by atoms with van der Waals surface area (Å²) in [6, 6.07) is 9.14. The lowest BCUT2D eigenvalue weighted by Crippen LogP contribution is -2.12. The minimum atomic E-state index is 0.229. The van der Waals surface area contributed by atoms with Gasteiger partial charge >= 0.3 is 0 Å². The van der Waals surface area contributed by atoms with E-state index in [1.54, 1.807) is 0 Å². The van der Waals surface area contributed by atoms with Gasteiger partial charge in [0.1, 0.15) is 0 Å². The summed E-state index contributed by atoms with van der Waals surface area (Å²) < 4.78 is 0. The van der Waals surface area contributed by atoms with Crippen molar-refractivity contribution in [3.8, 4) is 0 Å². The van der Waals surface area contributed by atoms with Gasteiger partial charge in [0.15, 0.2) is 0 Å². The normalized spacial score (nSPS) is 18.1. The third-order valence-corrected chi connectivity index (χ3v) is 4.38. The van der Waals surface area contributed by atoms with E-state index in [0.717, 1.165) is 18.8 Å². The standard InChI is InChI=1S/C18H29N/c1-14(2)12-16-8-5-9-17(13-16)18(19)11-10-15-6-3-4-7-15/h5,8-9,13-15,18H,3-4,6-7,10-12,19H2,1-2H3. The molecule has 0 heterocycles. The van der Waals surface area contributed by atoms with Crippen molar-refractivity contribution in [1.29, 1.82) is 0 Å². The summed E-state index contributed by atoms with van der Waals surface area (Å²) in [4.78, 5) is 0. The predicted molar refractivity (Wildman–Crippen MR) is 83.1 cm³/mol. The van der Waals surface area contributed by atoms with Gasteiger partial charge in [-0.05, 0) is 42.2 Å². The molecule has 106 valence electrons. The average Bonchev–Trinajstić information content (AvgIpc) is 2.88. The Kier molecular flexibility index (Phi) is 5.45. The van der Waals surface area contributed by atoms with Crippen LogP contribution in [0.1, 0.15) is 69.5 Å². The number of rotatable bonds is 6. The number of nitrogens with two attached hydrogens (primary N) is 1. The maximum absolute atomic E-state index is 6.37. The molecule has 0 spiro atoms. The van der Waals surface area contributed by atoms with Gasteiger partial charge in [0.2, 0.25) is 0 Å². The van der Waals surface area contributed by atoms with Crippen molar-refractivity contribution in [1.82, 2.24) is 0 Å². The van der Waals surface area contributed by atoms with E-state index < -0.39 is 0 Å².